The number of pyridine rings is 1. The second-order valence-corrected chi connectivity index (χ2v) is 6.25. The van der Waals surface area contributed by atoms with Crippen LogP contribution < -0.4 is 5.32 Å². The van der Waals surface area contributed by atoms with Crippen LogP contribution in [0.25, 0.3) is 0 Å². The van der Waals surface area contributed by atoms with Gasteiger partial charge in [-0.15, -0.1) is 0 Å². The van der Waals surface area contributed by atoms with Crippen LogP contribution in [-0.4, -0.2) is 16.6 Å². The molecule has 0 unspecified atom stereocenters. The fraction of sp³-hybridized carbons (Fsp3) is 0.200. The molecule has 1 amide bonds. The third kappa shape index (κ3) is 4.92. The first-order chi connectivity index (χ1) is 10.1. The molecule has 0 spiro atoms. The molecule has 0 saturated heterocycles. The topological polar surface area (TPSA) is 42.0 Å². The number of benzene rings is 1. The highest BCUT2D eigenvalue weighted by Crippen LogP contribution is 2.26. The first-order valence-electron chi connectivity index (χ1n) is 6.34. The van der Waals surface area contributed by atoms with E-state index in [0.717, 1.165) is 10.6 Å². The fourth-order valence-corrected chi connectivity index (χ4v) is 3.03. The van der Waals surface area contributed by atoms with E-state index in [-0.39, 0.29) is 11.9 Å². The van der Waals surface area contributed by atoms with Gasteiger partial charge in [-0.2, -0.15) is 0 Å². The number of amides is 1. The highest BCUT2D eigenvalue weighted by Gasteiger charge is 2.13. The predicted octanol–water partition coefficient (Wildman–Crippen LogP) is 4.36. The molecule has 0 aliphatic heterocycles. The lowest BCUT2D eigenvalue weighted by Crippen LogP contribution is -2.28. The van der Waals surface area contributed by atoms with E-state index in [1.54, 1.807) is 18.3 Å². The van der Waals surface area contributed by atoms with Crippen molar-refractivity contribution in [1.29, 1.82) is 0 Å². The number of carbonyl (C=O) groups excluding carboxylic acids is 1. The van der Waals surface area contributed by atoms with Gasteiger partial charge in [-0.25, -0.2) is 4.98 Å². The summed E-state index contributed by atoms with van der Waals surface area (Å²) in [4.78, 5) is 16.1. The molecule has 0 radical (unpaired) electrons. The monoisotopic (exact) mass is 340 g/mol. The van der Waals surface area contributed by atoms with Crippen LogP contribution in [0.4, 0.5) is 0 Å². The van der Waals surface area contributed by atoms with Crippen molar-refractivity contribution in [3.05, 3.63) is 58.2 Å². The molecule has 6 heteroatoms. The Morgan fingerprint density at radius 1 is 1.33 bits per heavy atom. The van der Waals surface area contributed by atoms with Crippen LogP contribution in [0.3, 0.4) is 0 Å². The van der Waals surface area contributed by atoms with Gasteiger partial charge in [0.1, 0.15) is 0 Å². The molecular formula is C15H14Cl2N2OS. The van der Waals surface area contributed by atoms with Crippen LogP contribution >= 0.6 is 35.0 Å². The molecule has 2 aromatic rings. The molecule has 1 N–H and O–H groups in total. The second kappa shape index (κ2) is 7.69. The second-order valence-electron chi connectivity index (χ2n) is 4.41. The summed E-state index contributed by atoms with van der Waals surface area (Å²) in [5, 5.41) is 4.86. The van der Waals surface area contributed by atoms with E-state index in [1.165, 1.54) is 11.8 Å². The van der Waals surface area contributed by atoms with Gasteiger partial charge < -0.3 is 5.32 Å². The maximum atomic E-state index is 11.9. The molecule has 0 aliphatic rings. The minimum absolute atomic E-state index is 0.0656. The van der Waals surface area contributed by atoms with Gasteiger partial charge >= 0.3 is 0 Å². The summed E-state index contributed by atoms with van der Waals surface area (Å²) in [7, 11) is 0. The highest BCUT2D eigenvalue weighted by molar-refractivity contribution is 7.99. The van der Waals surface area contributed by atoms with Gasteiger partial charge in [0.2, 0.25) is 5.91 Å². The van der Waals surface area contributed by atoms with Gasteiger partial charge in [0.25, 0.3) is 0 Å². The molecule has 21 heavy (non-hydrogen) atoms. The van der Waals surface area contributed by atoms with Crippen molar-refractivity contribution in [2.24, 2.45) is 0 Å². The molecule has 0 bridgehead atoms. The summed E-state index contributed by atoms with van der Waals surface area (Å²) in [5.41, 5.74) is 0.845. The summed E-state index contributed by atoms with van der Waals surface area (Å²) in [6, 6.07) is 10.7. The van der Waals surface area contributed by atoms with Gasteiger partial charge in [0.05, 0.1) is 16.8 Å². The highest BCUT2D eigenvalue weighted by atomic mass is 35.5. The Bertz CT molecular complexity index is 622. The average Bonchev–Trinajstić information content (AvgIpc) is 2.46. The Labute approximate surface area is 138 Å². The molecule has 0 aliphatic carbocycles. The molecule has 110 valence electrons. The predicted molar refractivity (Wildman–Crippen MR) is 88.0 cm³/mol. The van der Waals surface area contributed by atoms with Crippen molar-refractivity contribution in [1.82, 2.24) is 10.3 Å². The summed E-state index contributed by atoms with van der Waals surface area (Å²) in [5.74, 6) is 0.246. The van der Waals surface area contributed by atoms with Crippen molar-refractivity contribution in [3.8, 4) is 0 Å². The van der Waals surface area contributed by atoms with E-state index in [1.807, 2.05) is 31.2 Å². The van der Waals surface area contributed by atoms with Gasteiger partial charge in [0, 0.05) is 16.2 Å². The molecule has 1 aromatic carbocycles. The Morgan fingerprint density at radius 3 is 2.81 bits per heavy atom. The zero-order chi connectivity index (χ0) is 15.2. The SMILES string of the molecule is C[C@@H](NC(=O)CSc1ccccn1)c1ccc(Cl)cc1Cl. The first kappa shape index (κ1) is 16.1. The van der Waals surface area contributed by atoms with Gasteiger partial charge in [-0.1, -0.05) is 47.1 Å². The first-order valence-corrected chi connectivity index (χ1v) is 8.08. The van der Waals surface area contributed by atoms with Crippen molar-refractivity contribution in [3.63, 3.8) is 0 Å². The summed E-state index contributed by atoms with van der Waals surface area (Å²) >= 11 is 13.4. The summed E-state index contributed by atoms with van der Waals surface area (Å²) < 4.78 is 0. The minimum Gasteiger partial charge on any atom is -0.349 e. The zero-order valence-corrected chi connectivity index (χ0v) is 13.7. The van der Waals surface area contributed by atoms with E-state index < -0.39 is 0 Å². The lowest BCUT2D eigenvalue weighted by Gasteiger charge is -2.15. The lowest BCUT2D eigenvalue weighted by molar-refractivity contribution is -0.119. The third-order valence-corrected chi connectivity index (χ3v) is 4.30. The van der Waals surface area contributed by atoms with Crippen LogP contribution in [0, 0.1) is 0 Å². The standard InChI is InChI=1S/C15H14Cl2N2OS/c1-10(12-6-5-11(16)8-13(12)17)19-14(20)9-21-15-4-2-3-7-18-15/h2-8,10H,9H2,1H3,(H,19,20)/t10-/m1/s1. The molecule has 1 atom stereocenters. The molecule has 0 fully saturated rings. The van der Waals surface area contributed by atoms with E-state index >= 15 is 0 Å². The van der Waals surface area contributed by atoms with Crippen molar-refractivity contribution in [2.75, 3.05) is 5.75 Å². The van der Waals surface area contributed by atoms with Crippen LogP contribution in [0.2, 0.25) is 10.0 Å². The normalized spacial score (nSPS) is 12.0. The number of hydrogen-bond donors (Lipinski definition) is 1. The van der Waals surface area contributed by atoms with Crippen molar-refractivity contribution < 1.29 is 4.79 Å². The van der Waals surface area contributed by atoms with Crippen LogP contribution in [0.15, 0.2) is 47.6 Å². The number of halogens is 2. The quantitative estimate of drug-likeness (QED) is 0.822. The molecule has 3 nitrogen and oxygen atoms in total. The number of rotatable bonds is 5. The Balaban J connectivity index is 1.90. The molecule has 1 heterocycles. The maximum absolute atomic E-state index is 11.9. The molecule has 1 aromatic heterocycles. The molecule has 0 saturated carbocycles. The van der Waals surface area contributed by atoms with Crippen molar-refractivity contribution >= 4 is 40.9 Å². The minimum atomic E-state index is -0.174. The molecular weight excluding hydrogens is 327 g/mol. The Hall–Kier alpha value is -1.23. The van der Waals surface area contributed by atoms with Crippen LogP contribution in [-0.2, 0) is 4.79 Å². The molecule has 2 rings (SSSR count). The van der Waals surface area contributed by atoms with E-state index in [2.05, 4.69) is 10.3 Å². The zero-order valence-electron chi connectivity index (χ0n) is 11.3. The summed E-state index contributed by atoms with van der Waals surface area (Å²) in [6.45, 7) is 1.89. The fourth-order valence-electron chi connectivity index (χ4n) is 1.79. The number of aromatic nitrogens is 1. The summed E-state index contributed by atoms with van der Waals surface area (Å²) in [6.07, 6.45) is 1.70. The number of nitrogens with zero attached hydrogens (tertiary/aromatic N) is 1. The lowest BCUT2D eigenvalue weighted by atomic mass is 10.1. The number of thioether (sulfide) groups is 1. The van der Waals surface area contributed by atoms with E-state index in [4.69, 9.17) is 23.2 Å². The maximum Gasteiger partial charge on any atom is 0.230 e. The Morgan fingerprint density at radius 2 is 2.14 bits per heavy atom. The smallest absolute Gasteiger partial charge is 0.230 e. The largest absolute Gasteiger partial charge is 0.349 e. The van der Waals surface area contributed by atoms with Crippen LogP contribution in [0.5, 0.6) is 0 Å². The van der Waals surface area contributed by atoms with E-state index in [0.29, 0.717) is 15.8 Å². The average molecular weight is 341 g/mol. The van der Waals surface area contributed by atoms with Gasteiger partial charge in [-0.3, -0.25) is 4.79 Å². The number of carbonyl (C=O) groups is 1. The van der Waals surface area contributed by atoms with Gasteiger partial charge in [-0.05, 0) is 36.8 Å². The Kier molecular flexibility index (Phi) is 5.91. The van der Waals surface area contributed by atoms with Gasteiger partial charge in [0.15, 0.2) is 0 Å². The number of hydrogen-bond acceptors (Lipinski definition) is 3. The van der Waals surface area contributed by atoms with Crippen LogP contribution in [0.1, 0.15) is 18.5 Å². The third-order valence-electron chi connectivity index (χ3n) is 2.80. The van der Waals surface area contributed by atoms with E-state index in [9.17, 15) is 4.79 Å². The number of nitrogens with one attached hydrogen (secondary N) is 1. The van der Waals surface area contributed by atoms with Crippen molar-refractivity contribution in [2.45, 2.75) is 18.0 Å².